The predicted molar refractivity (Wildman–Crippen MR) is 110 cm³/mol. The lowest BCUT2D eigenvalue weighted by molar-refractivity contribution is -0.146. The van der Waals surface area contributed by atoms with Gasteiger partial charge in [-0.1, -0.05) is 6.07 Å². The summed E-state index contributed by atoms with van der Waals surface area (Å²) in [6.45, 7) is 2.62. The van der Waals surface area contributed by atoms with E-state index < -0.39 is 11.9 Å². The lowest BCUT2D eigenvalue weighted by Gasteiger charge is -2.27. The molecule has 1 aliphatic rings. The molecule has 29 heavy (non-hydrogen) atoms. The first kappa shape index (κ1) is 22.7. The molecule has 1 fully saturated rings. The highest BCUT2D eigenvalue weighted by molar-refractivity contribution is 7.80. The first-order valence-corrected chi connectivity index (χ1v) is 9.63. The number of carbonyl (C=O) groups excluding carboxylic acids is 3. The molecule has 2 amide bonds. The molecule has 1 heterocycles. The van der Waals surface area contributed by atoms with Gasteiger partial charge < -0.3 is 29.7 Å². The van der Waals surface area contributed by atoms with Gasteiger partial charge in [0.05, 0.1) is 26.2 Å². The first-order chi connectivity index (χ1) is 14.0. The van der Waals surface area contributed by atoms with Crippen LogP contribution >= 0.6 is 12.2 Å². The highest BCUT2D eigenvalue weighted by Crippen LogP contribution is 2.14. The average molecular weight is 423 g/mol. The number of nitrogens with zero attached hydrogens (tertiary/aromatic N) is 1. The fourth-order valence-corrected chi connectivity index (χ4v) is 2.79. The largest absolute Gasteiger partial charge is 0.463 e. The molecular formula is C19H25N3O6S. The molecule has 2 N–H and O–H groups in total. The Bertz CT molecular complexity index is 736. The molecule has 0 unspecified atom stereocenters. The van der Waals surface area contributed by atoms with Gasteiger partial charge >= 0.3 is 5.97 Å². The van der Waals surface area contributed by atoms with Crippen LogP contribution in [0.2, 0.25) is 0 Å². The van der Waals surface area contributed by atoms with Gasteiger partial charge in [0.1, 0.15) is 6.61 Å². The molecule has 0 bridgehead atoms. The summed E-state index contributed by atoms with van der Waals surface area (Å²) in [4.78, 5) is 37.7. The average Bonchev–Trinajstić information content (AvgIpc) is 2.72. The van der Waals surface area contributed by atoms with E-state index in [1.54, 1.807) is 29.2 Å². The third-order valence-electron chi connectivity index (χ3n) is 4.03. The summed E-state index contributed by atoms with van der Waals surface area (Å²) < 4.78 is 14.9. The summed E-state index contributed by atoms with van der Waals surface area (Å²) >= 11 is 5.12. The third-order valence-corrected chi connectivity index (χ3v) is 4.23. The van der Waals surface area contributed by atoms with Crippen molar-refractivity contribution in [3.8, 4) is 0 Å². The number of morpholine rings is 1. The van der Waals surface area contributed by atoms with Crippen LogP contribution in [0.3, 0.4) is 0 Å². The number of esters is 1. The van der Waals surface area contributed by atoms with Crippen molar-refractivity contribution < 1.29 is 28.6 Å². The lowest BCUT2D eigenvalue weighted by Crippen LogP contribution is -2.40. The zero-order valence-electron chi connectivity index (χ0n) is 16.3. The van der Waals surface area contributed by atoms with E-state index in [0.717, 1.165) is 0 Å². The number of rotatable bonds is 8. The monoisotopic (exact) mass is 423 g/mol. The van der Waals surface area contributed by atoms with Crippen LogP contribution in [0, 0.1) is 0 Å². The summed E-state index contributed by atoms with van der Waals surface area (Å²) in [7, 11) is 1.50. The van der Waals surface area contributed by atoms with E-state index >= 15 is 0 Å². The summed E-state index contributed by atoms with van der Waals surface area (Å²) in [5, 5.41) is 5.45. The molecule has 0 atom stereocenters. The summed E-state index contributed by atoms with van der Waals surface area (Å²) in [5.41, 5.74) is 1.10. The molecule has 10 heteroatoms. The Morgan fingerprint density at radius 3 is 2.66 bits per heavy atom. The van der Waals surface area contributed by atoms with Gasteiger partial charge in [-0.15, -0.1) is 0 Å². The van der Waals surface area contributed by atoms with E-state index in [-0.39, 0.29) is 30.5 Å². The van der Waals surface area contributed by atoms with E-state index in [1.165, 1.54) is 7.11 Å². The molecule has 1 aromatic rings. The highest BCUT2D eigenvalue weighted by Gasteiger charge is 2.18. The number of benzene rings is 1. The smallest absolute Gasteiger partial charge is 0.306 e. The topological polar surface area (TPSA) is 106 Å². The van der Waals surface area contributed by atoms with E-state index in [9.17, 15) is 14.4 Å². The summed E-state index contributed by atoms with van der Waals surface area (Å²) in [5.74, 6) is -0.976. The number of carbonyl (C=O) groups is 3. The minimum Gasteiger partial charge on any atom is -0.463 e. The Hall–Kier alpha value is -2.56. The molecule has 0 aliphatic carbocycles. The molecule has 0 radical (unpaired) electrons. The summed E-state index contributed by atoms with van der Waals surface area (Å²) in [6, 6.07) is 6.86. The van der Waals surface area contributed by atoms with Crippen molar-refractivity contribution in [1.82, 2.24) is 10.2 Å². The van der Waals surface area contributed by atoms with Gasteiger partial charge in [-0.25, -0.2) is 0 Å². The Labute approximate surface area is 174 Å². The Kier molecular flexibility index (Phi) is 9.48. The van der Waals surface area contributed by atoms with Crippen molar-refractivity contribution in [3.63, 3.8) is 0 Å². The van der Waals surface area contributed by atoms with E-state index in [4.69, 9.17) is 26.4 Å². The maximum absolute atomic E-state index is 12.5. The summed E-state index contributed by atoms with van der Waals surface area (Å²) in [6.07, 6.45) is -0.106. The molecule has 2 rings (SSSR count). The molecule has 0 saturated carbocycles. The molecule has 1 aliphatic heterocycles. The van der Waals surface area contributed by atoms with E-state index in [0.29, 0.717) is 44.2 Å². The van der Waals surface area contributed by atoms with Gasteiger partial charge in [0.15, 0.2) is 5.11 Å². The van der Waals surface area contributed by atoms with Crippen LogP contribution in [-0.2, 0) is 23.8 Å². The number of anilines is 1. The van der Waals surface area contributed by atoms with Crippen molar-refractivity contribution in [3.05, 3.63) is 29.8 Å². The highest BCUT2D eigenvalue weighted by atomic mass is 32.1. The minimum atomic E-state index is -0.481. The van der Waals surface area contributed by atoms with E-state index in [1.807, 2.05) is 0 Å². The van der Waals surface area contributed by atoms with Crippen LogP contribution in [0.25, 0.3) is 0 Å². The van der Waals surface area contributed by atoms with Crippen molar-refractivity contribution in [2.75, 3.05) is 51.9 Å². The number of nitrogens with one attached hydrogen (secondary N) is 2. The number of ether oxygens (including phenoxy) is 3. The minimum absolute atomic E-state index is 0.0524. The standard InChI is InChI=1S/C19H25N3O6S/c1-26-11-12-28-17(24)6-5-16(23)21-19(29)20-15-4-2-3-14(13-15)18(25)22-7-9-27-10-8-22/h2-4,13H,5-12H2,1H3,(H2,20,21,23,29). The first-order valence-electron chi connectivity index (χ1n) is 9.22. The molecule has 9 nitrogen and oxygen atoms in total. The maximum Gasteiger partial charge on any atom is 0.306 e. The predicted octanol–water partition coefficient (Wildman–Crippen LogP) is 0.942. The fraction of sp³-hybridized carbons (Fsp3) is 0.474. The molecule has 1 saturated heterocycles. The second-order valence-corrected chi connectivity index (χ2v) is 6.61. The molecule has 158 valence electrons. The molecule has 1 aromatic carbocycles. The maximum atomic E-state index is 12.5. The quantitative estimate of drug-likeness (QED) is 0.362. The number of methoxy groups -OCH3 is 1. The van der Waals surface area contributed by atoms with Crippen LogP contribution in [-0.4, -0.2) is 74.4 Å². The van der Waals surface area contributed by atoms with Gasteiger partial charge in [-0.05, 0) is 30.4 Å². The Morgan fingerprint density at radius 2 is 1.93 bits per heavy atom. The zero-order valence-corrected chi connectivity index (χ0v) is 17.1. The van der Waals surface area contributed by atoms with Gasteiger partial charge in [-0.2, -0.15) is 0 Å². The SMILES string of the molecule is COCCOC(=O)CCC(=O)NC(=S)Nc1cccc(C(=O)N2CCOCC2)c1. The van der Waals surface area contributed by atoms with Gasteiger partial charge in [-0.3, -0.25) is 14.4 Å². The van der Waals surface area contributed by atoms with Crippen LogP contribution in [0.1, 0.15) is 23.2 Å². The van der Waals surface area contributed by atoms with Crippen molar-refractivity contribution >= 4 is 40.8 Å². The van der Waals surface area contributed by atoms with Crippen LogP contribution in [0.15, 0.2) is 24.3 Å². The van der Waals surface area contributed by atoms with Crippen LogP contribution in [0.5, 0.6) is 0 Å². The van der Waals surface area contributed by atoms with Crippen molar-refractivity contribution in [2.24, 2.45) is 0 Å². The van der Waals surface area contributed by atoms with Gasteiger partial charge in [0, 0.05) is 37.9 Å². The second kappa shape index (κ2) is 12.1. The fourth-order valence-electron chi connectivity index (χ4n) is 2.56. The third kappa shape index (κ3) is 8.14. The number of hydrogen-bond acceptors (Lipinski definition) is 7. The Balaban J connectivity index is 1.79. The van der Waals surface area contributed by atoms with Gasteiger partial charge in [0.25, 0.3) is 5.91 Å². The van der Waals surface area contributed by atoms with E-state index in [2.05, 4.69) is 10.6 Å². The van der Waals surface area contributed by atoms with Gasteiger partial charge in [0.2, 0.25) is 5.91 Å². The number of amides is 2. The zero-order chi connectivity index (χ0) is 21.1. The second-order valence-electron chi connectivity index (χ2n) is 6.20. The van der Waals surface area contributed by atoms with Crippen molar-refractivity contribution in [2.45, 2.75) is 12.8 Å². The molecule has 0 spiro atoms. The van der Waals surface area contributed by atoms with Crippen LogP contribution < -0.4 is 10.6 Å². The van der Waals surface area contributed by atoms with Crippen LogP contribution in [0.4, 0.5) is 5.69 Å². The van der Waals surface area contributed by atoms with Crippen molar-refractivity contribution in [1.29, 1.82) is 0 Å². The molecule has 0 aromatic heterocycles. The number of hydrogen-bond donors (Lipinski definition) is 2. The normalized spacial score (nSPS) is 13.5. The number of thiocarbonyl (C=S) groups is 1. The Morgan fingerprint density at radius 1 is 1.17 bits per heavy atom. The molecular weight excluding hydrogens is 398 g/mol. The lowest BCUT2D eigenvalue weighted by atomic mass is 10.1.